The maximum atomic E-state index is 14.0. The molecule has 2 nitrogen and oxygen atoms in total. The molecule has 1 rings (SSSR count). The number of ether oxygens (including phenoxy) is 1. The zero-order valence-corrected chi connectivity index (χ0v) is 12.1. The lowest BCUT2D eigenvalue weighted by atomic mass is 10.0. The molecule has 96 valence electrons. The predicted octanol–water partition coefficient (Wildman–Crippen LogP) is 3.66. The second kappa shape index (κ2) is 7.09. The van der Waals surface area contributed by atoms with Gasteiger partial charge in [-0.3, -0.25) is 0 Å². The summed E-state index contributed by atoms with van der Waals surface area (Å²) in [6, 6.07) is 5.21. The zero-order chi connectivity index (χ0) is 12.8. The molecule has 4 heteroatoms. The van der Waals surface area contributed by atoms with Gasteiger partial charge < -0.3 is 10.1 Å². The highest BCUT2D eigenvalue weighted by Crippen LogP contribution is 2.26. The third kappa shape index (κ3) is 3.76. The van der Waals surface area contributed by atoms with Gasteiger partial charge in [0.2, 0.25) is 0 Å². The number of benzene rings is 1. The average molecular weight is 304 g/mol. The number of hydrogen-bond acceptors (Lipinski definition) is 2. The van der Waals surface area contributed by atoms with Crippen LogP contribution in [0.1, 0.15) is 32.4 Å². The number of hydrogen-bond donors (Lipinski definition) is 1. The first-order valence-electron chi connectivity index (χ1n) is 5.90. The van der Waals surface area contributed by atoms with E-state index < -0.39 is 0 Å². The Kier molecular flexibility index (Phi) is 6.09. The van der Waals surface area contributed by atoms with E-state index >= 15 is 0 Å². The van der Waals surface area contributed by atoms with E-state index in [9.17, 15) is 4.39 Å². The molecule has 0 radical (unpaired) electrons. The summed E-state index contributed by atoms with van der Waals surface area (Å²) < 4.78 is 20.1. The van der Waals surface area contributed by atoms with Gasteiger partial charge in [0.25, 0.3) is 0 Å². The summed E-state index contributed by atoms with van der Waals surface area (Å²) >= 11 is 3.21. The molecule has 0 heterocycles. The molecule has 1 aromatic carbocycles. The highest BCUT2D eigenvalue weighted by molar-refractivity contribution is 9.10. The standard InChI is InChI=1S/C13H19BrFNO/c1-4-16-13(9(3)17-5-2)10-7-6-8-11(14)12(10)15/h6-9,13,16H,4-5H2,1-3H3. The van der Waals surface area contributed by atoms with E-state index in [-0.39, 0.29) is 18.0 Å². The molecule has 0 fully saturated rings. The molecule has 1 N–H and O–H groups in total. The molecular weight excluding hydrogens is 285 g/mol. The first-order chi connectivity index (χ1) is 8.11. The molecule has 0 aromatic heterocycles. The van der Waals surface area contributed by atoms with Crippen LogP contribution in [-0.2, 0) is 4.74 Å². The van der Waals surface area contributed by atoms with Gasteiger partial charge in [0.15, 0.2) is 0 Å². The minimum atomic E-state index is -0.218. The Morgan fingerprint density at radius 3 is 2.71 bits per heavy atom. The third-order valence-corrected chi connectivity index (χ3v) is 3.25. The second-order valence-electron chi connectivity index (χ2n) is 3.84. The van der Waals surface area contributed by atoms with Gasteiger partial charge in [0.1, 0.15) is 5.82 Å². The Morgan fingerprint density at radius 2 is 2.12 bits per heavy atom. The largest absolute Gasteiger partial charge is 0.377 e. The molecule has 0 amide bonds. The minimum absolute atomic E-state index is 0.0660. The van der Waals surface area contributed by atoms with E-state index in [2.05, 4.69) is 21.2 Å². The Morgan fingerprint density at radius 1 is 1.41 bits per heavy atom. The van der Waals surface area contributed by atoms with Gasteiger partial charge in [0, 0.05) is 12.2 Å². The quantitative estimate of drug-likeness (QED) is 0.866. The first kappa shape index (κ1) is 14.6. The Labute approximate surface area is 111 Å². The highest BCUT2D eigenvalue weighted by Gasteiger charge is 2.22. The lowest BCUT2D eigenvalue weighted by Gasteiger charge is -2.25. The smallest absolute Gasteiger partial charge is 0.142 e. The fourth-order valence-electron chi connectivity index (χ4n) is 1.87. The first-order valence-corrected chi connectivity index (χ1v) is 6.70. The van der Waals surface area contributed by atoms with Gasteiger partial charge in [0.05, 0.1) is 16.6 Å². The number of halogens is 2. The molecule has 0 saturated heterocycles. The Balaban J connectivity index is 3.00. The summed E-state index contributed by atoms with van der Waals surface area (Å²) in [6.45, 7) is 7.29. The van der Waals surface area contributed by atoms with Crippen LogP contribution in [0.5, 0.6) is 0 Å². The molecular formula is C13H19BrFNO. The zero-order valence-electron chi connectivity index (χ0n) is 10.5. The van der Waals surface area contributed by atoms with Gasteiger partial charge in [-0.25, -0.2) is 4.39 Å². The van der Waals surface area contributed by atoms with Crippen molar-refractivity contribution in [1.82, 2.24) is 5.32 Å². The van der Waals surface area contributed by atoms with Crippen molar-refractivity contribution in [3.8, 4) is 0 Å². The van der Waals surface area contributed by atoms with E-state index in [4.69, 9.17) is 4.74 Å². The normalized spacial score (nSPS) is 14.6. The van der Waals surface area contributed by atoms with Crippen LogP contribution in [0.25, 0.3) is 0 Å². The van der Waals surface area contributed by atoms with Crippen molar-refractivity contribution in [2.75, 3.05) is 13.2 Å². The maximum Gasteiger partial charge on any atom is 0.142 e. The fraction of sp³-hybridized carbons (Fsp3) is 0.538. The summed E-state index contributed by atoms with van der Waals surface area (Å²) in [6.07, 6.45) is -0.0660. The summed E-state index contributed by atoms with van der Waals surface area (Å²) in [5.74, 6) is -0.218. The van der Waals surface area contributed by atoms with Gasteiger partial charge in [-0.2, -0.15) is 0 Å². The molecule has 2 unspecified atom stereocenters. The van der Waals surface area contributed by atoms with Crippen LogP contribution in [0.4, 0.5) is 4.39 Å². The summed E-state index contributed by atoms with van der Waals surface area (Å²) in [5, 5.41) is 3.27. The van der Waals surface area contributed by atoms with Gasteiger partial charge in [-0.05, 0) is 42.4 Å². The second-order valence-corrected chi connectivity index (χ2v) is 4.69. The van der Waals surface area contributed by atoms with Gasteiger partial charge in [-0.1, -0.05) is 19.1 Å². The fourth-order valence-corrected chi connectivity index (χ4v) is 2.25. The van der Waals surface area contributed by atoms with Gasteiger partial charge in [-0.15, -0.1) is 0 Å². The summed E-state index contributed by atoms with van der Waals surface area (Å²) in [5.41, 5.74) is 0.641. The molecule has 1 aromatic rings. The minimum Gasteiger partial charge on any atom is -0.377 e. The van der Waals surface area contributed by atoms with Gasteiger partial charge >= 0.3 is 0 Å². The number of likely N-dealkylation sites (N-methyl/N-ethyl adjacent to an activating group) is 1. The van der Waals surface area contributed by atoms with Crippen LogP contribution in [-0.4, -0.2) is 19.3 Å². The van der Waals surface area contributed by atoms with Crippen molar-refractivity contribution in [2.24, 2.45) is 0 Å². The van der Waals surface area contributed by atoms with Crippen molar-refractivity contribution < 1.29 is 9.13 Å². The lowest BCUT2D eigenvalue weighted by Crippen LogP contribution is -2.32. The van der Waals surface area contributed by atoms with Crippen molar-refractivity contribution in [3.05, 3.63) is 34.1 Å². The van der Waals surface area contributed by atoms with Crippen LogP contribution in [0.2, 0.25) is 0 Å². The van der Waals surface area contributed by atoms with Crippen LogP contribution in [0.15, 0.2) is 22.7 Å². The van der Waals surface area contributed by atoms with E-state index in [0.717, 1.165) is 6.54 Å². The van der Waals surface area contributed by atoms with Crippen LogP contribution in [0, 0.1) is 5.82 Å². The molecule has 2 atom stereocenters. The van der Waals surface area contributed by atoms with Crippen LogP contribution in [0.3, 0.4) is 0 Å². The number of rotatable bonds is 6. The highest BCUT2D eigenvalue weighted by atomic mass is 79.9. The SMILES string of the molecule is CCNC(c1cccc(Br)c1F)C(C)OCC. The predicted molar refractivity (Wildman–Crippen MR) is 71.6 cm³/mol. The van der Waals surface area contributed by atoms with Crippen molar-refractivity contribution in [3.63, 3.8) is 0 Å². The van der Waals surface area contributed by atoms with Crippen LogP contribution < -0.4 is 5.32 Å². The van der Waals surface area contributed by atoms with E-state index in [1.54, 1.807) is 12.1 Å². The van der Waals surface area contributed by atoms with Crippen molar-refractivity contribution in [1.29, 1.82) is 0 Å². The molecule has 0 aliphatic rings. The molecule has 17 heavy (non-hydrogen) atoms. The van der Waals surface area contributed by atoms with Crippen molar-refractivity contribution >= 4 is 15.9 Å². The van der Waals surface area contributed by atoms with E-state index in [1.807, 2.05) is 26.8 Å². The monoisotopic (exact) mass is 303 g/mol. The summed E-state index contributed by atoms with van der Waals surface area (Å²) in [4.78, 5) is 0. The topological polar surface area (TPSA) is 21.3 Å². The summed E-state index contributed by atoms with van der Waals surface area (Å²) in [7, 11) is 0. The lowest BCUT2D eigenvalue weighted by molar-refractivity contribution is 0.0467. The molecule has 0 aliphatic heterocycles. The average Bonchev–Trinajstić information content (AvgIpc) is 2.30. The molecule has 0 saturated carbocycles. The third-order valence-electron chi connectivity index (χ3n) is 2.64. The van der Waals surface area contributed by atoms with Crippen molar-refractivity contribution in [2.45, 2.75) is 32.9 Å². The molecule has 0 bridgehead atoms. The Bertz CT molecular complexity index is 359. The van der Waals surface area contributed by atoms with E-state index in [0.29, 0.717) is 16.6 Å². The maximum absolute atomic E-state index is 14.0. The van der Waals surface area contributed by atoms with E-state index in [1.165, 1.54) is 0 Å². The Hall–Kier alpha value is -0.450. The molecule has 0 aliphatic carbocycles. The molecule has 0 spiro atoms. The van der Waals surface area contributed by atoms with Crippen LogP contribution >= 0.6 is 15.9 Å². The number of nitrogens with one attached hydrogen (secondary N) is 1.